The van der Waals surface area contributed by atoms with E-state index in [9.17, 15) is 39.9 Å². The van der Waals surface area contributed by atoms with Crippen molar-refractivity contribution in [3.8, 4) is 0 Å². The molecule has 41 heavy (non-hydrogen) atoms. The monoisotopic (exact) mass is 582 g/mol. The number of halogens is 8. The molecule has 5 rings (SSSR count). The standard InChI is InChI=1S/C29H22F8N2O2/c1-15(18-8-20(28(32,33)34)12-21(9-18)29(35,36)37)41-24-14-39-23(27(24)16-2-5-22(30)6-3-16)10-19(11-26(39)40)17-4-7-25(31)38-13-17/h2-9,11-13,15,23-24,27H,10,14H2,1H3/t15-,23?,24+,27?/m1/s1. The molecule has 12 heteroatoms. The number of benzene rings is 2. The number of ether oxygens (including phenoxy) is 1. The summed E-state index contributed by atoms with van der Waals surface area (Å²) in [7, 11) is 0. The Labute approximate surface area is 229 Å². The van der Waals surface area contributed by atoms with E-state index in [4.69, 9.17) is 4.74 Å². The Balaban J connectivity index is 1.49. The van der Waals surface area contributed by atoms with Crippen LogP contribution in [0.4, 0.5) is 35.1 Å². The molecule has 4 nitrogen and oxygen atoms in total. The lowest BCUT2D eigenvalue weighted by atomic mass is 9.84. The molecule has 216 valence electrons. The molecule has 2 aromatic carbocycles. The van der Waals surface area contributed by atoms with Gasteiger partial charge < -0.3 is 9.64 Å². The summed E-state index contributed by atoms with van der Waals surface area (Å²) >= 11 is 0. The minimum atomic E-state index is -5.02. The quantitative estimate of drug-likeness (QED) is 0.234. The molecule has 0 N–H and O–H groups in total. The molecule has 0 saturated carbocycles. The van der Waals surface area contributed by atoms with Gasteiger partial charge in [-0.3, -0.25) is 4.79 Å². The summed E-state index contributed by atoms with van der Waals surface area (Å²) in [6.45, 7) is 1.33. The number of hydrogen-bond acceptors (Lipinski definition) is 3. The van der Waals surface area contributed by atoms with Gasteiger partial charge >= 0.3 is 12.4 Å². The van der Waals surface area contributed by atoms with Crippen LogP contribution in [0.5, 0.6) is 0 Å². The molecule has 1 fully saturated rings. The van der Waals surface area contributed by atoms with Crippen LogP contribution in [0.1, 0.15) is 53.2 Å². The van der Waals surface area contributed by atoms with Crippen molar-refractivity contribution >= 4 is 11.5 Å². The van der Waals surface area contributed by atoms with Crippen molar-refractivity contribution in [1.29, 1.82) is 0 Å². The fraction of sp³-hybridized carbons (Fsp3) is 0.310. The van der Waals surface area contributed by atoms with Gasteiger partial charge in [-0.05, 0) is 78.1 Å². The van der Waals surface area contributed by atoms with Crippen LogP contribution in [0.25, 0.3) is 5.57 Å². The van der Waals surface area contributed by atoms with E-state index in [-0.39, 0.29) is 24.6 Å². The maximum atomic E-state index is 13.8. The third kappa shape index (κ3) is 5.97. The first-order valence-electron chi connectivity index (χ1n) is 12.5. The Morgan fingerprint density at radius 2 is 1.56 bits per heavy atom. The Morgan fingerprint density at radius 3 is 2.12 bits per heavy atom. The highest BCUT2D eigenvalue weighted by Gasteiger charge is 2.48. The largest absolute Gasteiger partial charge is 0.416 e. The zero-order valence-corrected chi connectivity index (χ0v) is 21.3. The molecule has 3 heterocycles. The highest BCUT2D eigenvalue weighted by atomic mass is 19.4. The molecular formula is C29H22F8N2O2. The molecule has 1 saturated heterocycles. The first kappa shape index (κ1) is 28.7. The molecule has 3 aromatic rings. The van der Waals surface area contributed by atoms with Crippen molar-refractivity contribution in [2.24, 2.45) is 0 Å². The predicted octanol–water partition coefficient (Wildman–Crippen LogP) is 7.33. The zero-order chi connectivity index (χ0) is 29.7. The molecule has 4 atom stereocenters. The molecule has 2 unspecified atom stereocenters. The van der Waals surface area contributed by atoms with Gasteiger partial charge in [0, 0.05) is 30.8 Å². The second-order valence-electron chi connectivity index (χ2n) is 10.0. The lowest BCUT2D eigenvalue weighted by molar-refractivity contribution is -0.143. The molecule has 1 amide bonds. The number of nitrogens with zero attached hydrogens (tertiary/aromatic N) is 2. The van der Waals surface area contributed by atoms with Gasteiger partial charge in [0.25, 0.3) is 0 Å². The molecule has 0 aliphatic carbocycles. The Morgan fingerprint density at radius 1 is 0.927 bits per heavy atom. The molecule has 0 bridgehead atoms. The lowest BCUT2D eigenvalue weighted by Crippen LogP contribution is -2.39. The van der Waals surface area contributed by atoms with Gasteiger partial charge in [-0.15, -0.1) is 0 Å². The van der Waals surface area contributed by atoms with Crippen LogP contribution in [0, 0.1) is 11.8 Å². The molecule has 2 aliphatic rings. The summed E-state index contributed by atoms with van der Waals surface area (Å²) in [5.74, 6) is -2.22. The summed E-state index contributed by atoms with van der Waals surface area (Å²) < 4.78 is 114. The van der Waals surface area contributed by atoms with Gasteiger partial charge in [-0.2, -0.15) is 30.7 Å². The van der Waals surface area contributed by atoms with Crippen LogP contribution in [0.2, 0.25) is 0 Å². The summed E-state index contributed by atoms with van der Waals surface area (Å²) in [5, 5.41) is 0. The maximum Gasteiger partial charge on any atom is 0.416 e. The third-order valence-electron chi connectivity index (χ3n) is 7.41. The minimum absolute atomic E-state index is 0.00752. The van der Waals surface area contributed by atoms with Crippen LogP contribution in [0.3, 0.4) is 0 Å². The number of alkyl halides is 6. The normalized spacial score (nSPS) is 22.0. The Bertz CT molecular complexity index is 1430. The van der Waals surface area contributed by atoms with Crippen molar-refractivity contribution in [3.05, 3.63) is 106 Å². The highest BCUT2D eigenvalue weighted by Crippen LogP contribution is 2.45. The molecule has 0 spiro atoms. The number of aromatic nitrogens is 1. The van der Waals surface area contributed by atoms with Crippen molar-refractivity contribution in [2.45, 2.75) is 49.9 Å². The number of pyridine rings is 1. The van der Waals surface area contributed by atoms with E-state index < -0.39 is 65.3 Å². The van der Waals surface area contributed by atoms with E-state index in [0.29, 0.717) is 28.8 Å². The van der Waals surface area contributed by atoms with Gasteiger partial charge in [0.15, 0.2) is 0 Å². The first-order chi connectivity index (χ1) is 19.2. The van der Waals surface area contributed by atoms with Crippen molar-refractivity contribution in [3.63, 3.8) is 0 Å². The maximum absolute atomic E-state index is 13.8. The molecule has 1 aromatic heterocycles. The van der Waals surface area contributed by atoms with Gasteiger partial charge in [0.1, 0.15) is 5.82 Å². The smallest absolute Gasteiger partial charge is 0.368 e. The van der Waals surface area contributed by atoms with Crippen LogP contribution in [-0.4, -0.2) is 34.5 Å². The SMILES string of the molecule is C[C@@H](O[C@H]1CN2C(=O)C=C(c3ccc(F)nc3)CC2C1c1ccc(F)cc1)c1cc(C(F)(F)F)cc(C(F)(F)F)c1. The van der Waals surface area contributed by atoms with Gasteiger partial charge in [-0.25, -0.2) is 9.37 Å². The average Bonchev–Trinajstić information content (AvgIpc) is 3.26. The Hall–Kier alpha value is -3.80. The van der Waals surface area contributed by atoms with Crippen LogP contribution in [0.15, 0.2) is 66.9 Å². The van der Waals surface area contributed by atoms with Crippen LogP contribution in [-0.2, 0) is 21.9 Å². The fourth-order valence-corrected chi connectivity index (χ4v) is 5.46. The summed E-state index contributed by atoms with van der Waals surface area (Å²) in [6.07, 6.45) is -9.19. The van der Waals surface area contributed by atoms with Crippen LogP contribution >= 0.6 is 0 Å². The predicted molar refractivity (Wildman–Crippen MR) is 131 cm³/mol. The van der Waals surface area contributed by atoms with E-state index >= 15 is 0 Å². The number of carbonyl (C=O) groups excluding carboxylic acids is 1. The molecule has 0 radical (unpaired) electrons. The summed E-state index contributed by atoms with van der Waals surface area (Å²) in [4.78, 5) is 18.3. The molecular weight excluding hydrogens is 560 g/mol. The Kier molecular flexibility index (Phi) is 7.39. The lowest BCUT2D eigenvalue weighted by Gasteiger charge is -2.32. The van der Waals surface area contributed by atoms with E-state index in [1.807, 2.05) is 0 Å². The van der Waals surface area contributed by atoms with E-state index in [1.165, 1.54) is 54.4 Å². The van der Waals surface area contributed by atoms with Gasteiger partial charge in [0.05, 0.1) is 23.3 Å². The third-order valence-corrected chi connectivity index (χ3v) is 7.41. The van der Waals surface area contributed by atoms with Crippen molar-refractivity contribution < 1.29 is 44.7 Å². The number of carbonyl (C=O) groups is 1. The summed E-state index contributed by atoms with van der Waals surface area (Å²) in [6, 6.07) is 8.78. The van der Waals surface area contributed by atoms with E-state index in [2.05, 4.69) is 4.98 Å². The zero-order valence-electron chi connectivity index (χ0n) is 21.3. The van der Waals surface area contributed by atoms with Crippen molar-refractivity contribution in [2.75, 3.05) is 6.54 Å². The highest BCUT2D eigenvalue weighted by molar-refractivity contribution is 5.97. The van der Waals surface area contributed by atoms with Crippen LogP contribution < -0.4 is 0 Å². The minimum Gasteiger partial charge on any atom is -0.368 e. The fourth-order valence-electron chi connectivity index (χ4n) is 5.46. The summed E-state index contributed by atoms with van der Waals surface area (Å²) in [5.41, 5.74) is -1.61. The average molecular weight is 582 g/mol. The first-order valence-corrected chi connectivity index (χ1v) is 12.5. The molecule has 2 aliphatic heterocycles. The van der Waals surface area contributed by atoms with Gasteiger partial charge in [0.2, 0.25) is 11.9 Å². The second-order valence-corrected chi connectivity index (χ2v) is 10.0. The number of hydrogen-bond donors (Lipinski definition) is 0. The van der Waals surface area contributed by atoms with E-state index in [1.54, 1.807) is 0 Å². The van der Waals surface area contributed by atoms with E-state index in [0.717, 1.165) is 6.07 Å². The van der Waals surface area contributed by atoms with Crippen molar-refractivity contribution in [1.82, 2.24) is 9.88 Å². The number of fused-ring (bicyclic) bond motifs is 1. The number of amides is 1. The second kappa shape index (κ2) is 10.6. The van der Waals surface area contributed by atoms with Gasteiger partial charge in [-0.1, -0.05) is 12.1 Å². The topological polar surface area (TPSA) is 42.4 Å². The number of rotatable bonds is 5.